The van der Waals surface area contributed by atoms with Gasteiger partial charge in [0, 0.05) is 0 Å². The lowest BCUT2D eigenvalue weighted by atomic mass is 9.66. The van der Waals surface area contributed by atoms with Crippen molar-refractivity contribution < 1.29 is 0 Å². The number of rotatable bonds is 3. The van der Waals surface area contributed by atoms with Crippen molar-refractivity contribution in [2.75, 3.05) is 0 Å². The second kappa shape index (κ2) is 8.07. The summed E-state index contributed by atoms with van der Waals surface area (Å²) in [7, 11) is 0. The van der Waals surface area contributed by atoms with Crippen molar-refractivity contribution in [3.05, 3.63) is 167 Å². The minimum absolute atomic E-state index is 0.406. The van der Waals surface area contributed by atoms with Crippen LogP contribution in [0.3, 0.4) is 0 Å². The van der Waals surface area contributed by atoms with Crippen molar-refractivity contribution in [1.82, 2.24) is 0 Å². The van der Waals surface area contributed by atoms with Crippen LogP contribution in [0.2, 0.25) is 0 Å². The third-order valence-electron chi connectivity index (χ3n) is 7.91. The second-order valence-corrected chi connectivity index (χ2v) is 9.73. The maximum absolute atomic E-state index is 2.33. The summed E-state index contributed by atoms with van der Waals surface area (Å²) in [6.45, 7) is 2.20. The highest BCUT2D eigenvalue weighted by Gasteiger charge is 2.47. The Morgan fingerprint density at radius 2 is 0.917 bits per heavy atom. The van der Waals surface area contributed by atoms with Crippen molar-refractivity contribution in [3.63, 3.8) is 0 Å². The summed E-state index contributed by atoms with van der Waals surface area (Å²) in [4.78, 5) is 0. The van der Waals surface area contributed by atoms with Crippen LogP contribution in [-0.2, 0) is 5.41 Å². The lowest BCUT2D eigenvalue weighted by Gasteiger charge is -2.35. The molecule has 0 fully saturated rings. The molecule has 0 nitrogen and oxygen atoms in total. The number of hydrogen-bond donors (Lipinski definition) is 0. The Morgan fingerprint density at radius 1 is 0.389 bits per heavy atom. The number of fused-ring (bicyclic) bond motifs is 4. The fraction of sp³-hybridized carbons (Fsp3) is 0.0556. The molecule has 0 heteroatoms. The molecule has 6 aromatic rings. The summed E-state index contributed by atoms with van der Waals surface area (Å²) in [5.41, 5.74) is 11.4. The molecule has 0 unspecified atom stereocenters. The van der Waals surface area contributed by atoms with Crippen LogP contribution in [0.5, 0.6) is 0 Å². The van der Waals surface area contributed by atoms with Crippen molar-refractivity contribution in [3.8, 4) is 22.3 Å². The molecular formula is C36H26. The molecule has 0 bridgehead atoms. The maximum atomic E-state index is 2.33. The van der Waals surface area contributed by atoms with Gasteiger partial charge in [-0.15, -0.1) is 0 Å². The molecule has 170 valence electrons. The highest BCUT2D eigenvalue weighted by atomic mass is 14.5. The fourth-order valence-corrected chi connectivity index (χ4v) is 6.41. The molecule has 0 N–H and O–H groups in total. The Hall–Kier alpha value is -4.42. The molecule has 0 atom stereocenters. The topological polar surface area (TPSA) is 0 Å². The van der Waals surface area contributed by atoms with Gasteiger partial charge in [-0.3, -0.25) is 0 Å². The predicted molar refractivity (Wildman–Crippen MR) is 151 cm³/mol. The highest BCUT2D eigenvalue weighted by Crippen LogP contribution is 2.58. The van der Waals surface area contributed by atoms with Gasteiger partial charge in [0.1, 0.15) is 0 Å². The van der Waals surface area contributed by atoms with Gasteiger partial charge in [0.15, 0.2) is 0 Å². The van der Waals surface area contributed by atoms with Crippen LogP contribution in [0, 0.1) is 6.92 Å². The van der Waals surface area contributed by atoms with Gasteiger partial charge in [-0.1, -0.05) is 140 Å². The van der Waals surface area contributed by atoms with Crippen LogP contribution in [-0.4, -0.2) is 0 Å². The van der Waals surface area contributed by atoms with Crippen LogP contribution >= 0.6 is 0 Å². The molecule has 0 saturated heterocycles. The molecule has 36 heavy (non-hydrogen) atoms. The highest BCUT2D eigenvalue weighted by molar-refractivity contribution is 6.02. The Kier molecular flexibility index (Phi) is 4.69. The molecule has 0 aliphatic heterocycles. The van der Waals surface area contributed by atoms with E-state index in [0.29, 0.717) is 0 Å². The molecular weight excluding hydrogens is 432 g/mol. The van der Waals surface area contributed by atoms with Gasteiger partial charge in [0.2, 0.25) is 0 Å². The third-order valence-corrected chi connectivity index (χ3v) is 7.91. The van der Waals surface area contributed by atoms with E-state index in [2.05, 4.69) is 146 Å². The number of benzene rings is 6. The van der Waals surface area contributed by atoms with Crippen molar-refractivity contribution in [2.45, 2.75) is 12.3 Å². The van der Waals surface area contributed by atoms with Crippen LogP contribution in [0.15, 0.2) is 140 Å². The summed E-state index contributed by atoms with van der Waals surface area (Å²) in [5.74, 6) is 0. The summed E-state index contributed by atoms with van der Waals surface area (Å²) in [5, 5.41) is 2.62. The summed E-state index contributed by atoms with van der Waals surface area (Å²) >= 11 is 0. The van der Waals surface area contributed by atoms with Crippen molar-refractivity contribution in [2.24, 2.45) is 0 Å². The Morgan fingerprint density at radius 3 is 1.61 bits per heavy atom. The lowest BCUT2D eigenvalue weighted by Crippen LogP contribution is -2.29. The van der Waals surface area contributed by atoms with E-state index in [1.165, 1.54) is 60.8 Å². The molecule has 0 saturated carbocycles. The van der Waals surface area contributed by atoms with E-state index in [-0.39, 0.29) is 0 Å². The average molecular weight is 459 g/mol. The molecule has 0 amide bonds. The fourth-order valence-electron chi connectivity index (χ4n) is 6.41. The Bertz CT molecular complexity index is 1690. The number of hydrogen-bond acceptors (Lipinski definition) is 0. The Labute approximate surface area is 212 Å². The first-order valence-corrected chi connectivity index (χ1v) is 12.6. The predicted octanol–water partition coefficient (Wildman–Crippen LogP) is 9.18. The van der Waals surface area contributed by atoms with Crippen LogP contribution in [0.25, 0.3) is 33.0 Å². The van der Waals surface area contributed by atoms with Crippen LogP contribution in [0.4, 0.5) is 0 Å². The molecule has 0 radical (unpaired) electrons. The summed E-state index contributed by atoms with van der Waals surface area (Å²) in [6, 6.07) is 51.3. The third kappa shape index (κ3) is 2.82. The standard InChI is InChI=1S/C36H26/c1-25-23-24-30(29-18-9-8-17-28(25)29)32-20-12-21-33-31-19-10-11-22-34(31)36(35(32)33,26-13-4-2-5-14-26)27-15-6-3-7-16-27/h2-24H,1H3. The van der Waals surface area contributed by atoms with Gasteiger partial charge in [-0.25, -0.2) is 0 Å². The van der Waals surface area contributed by atoms with Gasteiger partial charge >= 0.3 is 0 Å². The molecule has 6 aromatic carbocycles. The first kappa shape index (κ1) is 20.9. The first-order valence-electron chi connectivity index (χ1n) is 12.6. The molecule has 7 rings (SSSR count). The SMILES string of the molecule is Cc1ccc(-c2cccc3c2C(c2ccccc2)(c2ccccc2)c2ccccc2-3)c2ccccc12. The van der Waals surface area contributed by atoms with E-state index >= 15 is 0 Å². The minimum atomic E-state index is -0.406. The van der Waals surface area contributed by atoms with Gasteiger partial charge in [0.25, 0.3) is 0 Å². The zero-order chi connectivity index (χ0) is 24.1. The first-order chi connectivity index (χ1) is 17.8. The largest absolute Gasteiger partial charge is 0.0719 e. The van der Waals surface area contributed by atoms with Crippen molar-refractivity contribution >= 4 is 10.8 Å². The average Bonchev–Trinajstić information content (AvgIpc) is 3.26. The number of aryl methyl sites for hydroxylation is 1. The van der Waals surface area contributed by atoms with E-state index < -0.39 is 5.41 Å². The molecule has 0 aromatic heterocycles. The summed E-state index contributed by atoms with van der Waals surface area (Å²) < 4.78 is 0. The van der Waals surface area contributed by atoms with E-state index in [1.807, 2.05) is 0 Å². The van der Waals surface area contributed by atoms with E-state index in [1.54, 1.807) is 0 Å². The van der Waals surface area contributed by atoms with E-state index in [4.69, 9.17) is 0 Å². The van der Waals surface area contributed by atoms with Crippen LogP contribution in [0.1, 0.15) is 27.8 Å². The van der Waals surface area contributed by atoms with Gasteiger partial charge in [0.05, 0.1) is 5.41 Å². The van der Waals surface area contributed by atoms with E-state index in [9.17, 15) is 0 Å². The smallest absolute Gasteiger partial charge is 0.0622 e. The summed E-state index contributed by atoms with van der Waals surface area (Å²) in [6.07, 6.45) is 0. The minimum Gasteiger partial charge on any atom is -0.0622 e. The van der Waals surface area contributed by atoms with Crippen molar-refractivity contribution in [1.29, 1.82) is 0 Å². The molecule has 0 spiro atoms. The molecule has 1 aliphatic carbocycles. The van der Waals surface area contributed by atoms with E-state index in [0.717, 1.165) is 0 Å². The van der Waals surface area contributed by atoms with Gasteiger partial charge in [-0.05, 0) is 67.8 Å². The van der Waals surface area contributed by atoms with Crippen LogP contribution < -0.4 is 0 Å². The molecule has 1 aliphatic rings. The normalized spacial score (nSPS) is 13.4. The quantitative estimate of drug-likeness (QED) is 0.248. The Balaban J connectivity index is 1.68. The zero-order valence-corrected chi connectivity index (χ0v) is 20.3. The lowest BCUT2D eigenvalue weighted by molar-refractivity contribution is 0.770. The second-order valence-electron chi connectivity index (χ2n) is 9.73. The van der Waals surface area contributed by atoms with Gasteiger partial charge in [-0.2, -0.15) is 0 Å². The monoisotopic (exact) mass is 458 g/mol. The van der Waals surface area contributed by atoms with Gasteiger partial charge < -0.3 is 0 Å². The maximum Gasteiger partial charge on any atom is 0.0719 e. The zero-order valence-electron chi connectivity index (χ0n) is 20.3. The molecule has 0 heterocycles.